The van der Waals surface area contributed by atoms with E-state index in [4.69, 9.17) is 5.73 Å². The number of aliphatic imine (C=N–C) groups is 1. The zero-order valence-corrected chi connectivity index (χ0v) is 17.8. The molecule has 0 aromatic heterocycles. The number of rotatable bonds is 5. The molecule has 4 nitrogen and oxygen atoms in total. The topological polar surface area (TPSA) is 53.6 Å². The van der Waals surface area contributed by atoms with Crippen LogP contribution in [0.3, 0.4) is 0 Å². The first-order valence-corrected chi connectivity index (χ1v) is 8.80. The second kappa shape index (κ2) is 10.2. The van der Waals surface area contributed by atoms with Crippen LogP contribution < -0.4 is 11.1 Å². The summed E-state index contributed by atoms with van der Waals surface area (Å²) >= 11 is 0. The van der Waals surface area contributed by atoms with Crippen molar-refractivity contribution in [3.05, 3.63) is 29.3 Å². The lowest BCUT2D eigenvalue weighted by molar-refractivity contribution is 0.162. The standard InChI is InChI=1S/C19H32N4.HI/c1-14(2)12-23-7-5-6-17(13-23)11-21-19(20)22-18-9-15(3)8-16(4)10-18;/h8-10,14,17H,5-7,11-13H2,1-4H3,(H3,20,21,22);1H. The predicted molar refractivity (Wildman–Crippen MR) is 115 cm³/mol. The van der Waals surface area contributed by atoms with Gasteiger partial charge in [0.15, 0.2) is 5.96 Å². The summed E-state index contributed by atoms with van der Waals surface area (Å²) in [6.45, 7) is 13.1. The van der Waals surface area contributed by atoms with Gasteiger partial charge in [-0.25, -0.2) is 0 Å². The van der Waals surface area contributed by atoms with Gasteiger partial charge in [0.25, 0.3) is 0 Å². The fourth-order valence-electron chi connectivity index (χ4n) is 3.44. The van der Waals surface area contributed by atoms with Gasteiger partial charge in [-0.1, -0.05) is 19.9 Å². The molecule has 1 fully saturated rings. The highest BCUT2D eigenvalue weighted by Crippen LogP contribution is 2.18. The van der Waals surface area contributed by atoms with Crippen LogP contribution in [0.1, 0.15) is 37.8 Å². The number of guanidine groups is 1. The quantitative estimate of drug-likeness (QED) is 0.410. The van der Waals surface area contributed by atoms with Crippen LogP contribution in [-0.4, -0.2) is 37.0 Å². The highest BCUT2D eigenvalue weighted by molar-refractivity contribution is 14.0. The van der Waals surface area contributed by atoms with E-state index in [0.717, 1.165) is 24.7 Å². The number of piperidine rings is 1. The summed E-state index contributed by atoms with van der Waals surface area (Å²) in [7, 11) is 0. The number of halogens is 1. The first-order valence-electron chi connectivity index (χ1n) is 8.80. The van der Waals surface area contributed by atoms with E-state index in [1.54, 1.807) is 0 Å². The van der Waals surface area contributed by atoms with Gasteiger partial charge in [0.05, 0.1) is 0 Å². The molecule has 1 heterocycles. The van der Waals surface area contributed by atoms with E-state index in [1.807, 2.05) is 0 Å². The third-order valence-corrected chi connectivity index (χ3v) is 4.24. The molecule has 0 radical (unpaired) electrons. The summed E-state index contributed by atoms with van der Waals surface area (Å²) in [6, 6.07) is 6.35. The third kappa shape index (κ3) is 7.38. The van der Waals surface area contributed by atoms with Crippen LogP contribution in [-0.2, 0) is 0 Å². The normalized spacial score (nSPS) is 19.2. The fraction of sp³-hybridized carbons (Fsp3) is 0.632. The van der Waals surface area contributed by atoms with Gasteiger partial charge >= 0.3 is 0 Å². The van der Waals surface area contributed by atoms with Crippen molar-refractivity contribution in [1.82, 2.24) is 4.90 Å². The van der Waals surface area contributed by atoms with Crippen LogP contribution in [0, 0.1) is 25.7 Å². The molecule has 1 aliphatic heterocycles. The Morgan fingerprint density at radius 3 is 2.58 bits per heavy atom. The minimum absolute atomic E-state index is 0. The van der Waals surface area contributed by atoms with Gasteiger partial charge in [-0.15, -0.1) is 24.0 Å². The number of hydrogen-bond acceptors (Lipinski definition) is 2. The number of hydrogen-bond donors (Lipinski definition) is 2. The SMILES string of the molecule is Cc1cc(C)cc(NC(N)=NCC2CCCN(CC(C)C)C2)c1.I. The number of nitrogens with two attached hydrogens (primary N) is 1. The Bertz CT molecular complexity index is 522. The molecule has 1 saturated heterocycles. The molecule has 1 aliphatic rings. The highest BCUT2D eigenvalue weighted by atomic mass is 127. The number of anilines is 1. The van der Waals surface area contributed by atoms with Gasteiger partial charge in [-0.3, -0.25) is 4.99 Å². The van der Waals surface area contributed by atoms with Crippen molar-refractivity contribution in [2.45, 2.75) is 40.5 Å². The number of benzene rings is 1. The Kier molecular flexibility index (Phi) is 9.05. The second-order valence-corrected chi connectivity index (χ2v) is 7.39. The van der Waals surface area contributed by atoms with E-state index >= 15 is 0 Å². The third-order valence-electron chi connectivity index (χ3n) is 4.24. The Balaban J connectivity index is 0.00000288. The molecule has 0 bridgehead atoms. The molecule has 0 amide bonds. The summed E-state index contributed by atoms with van der Waals surface area (Å²) in [6.07, 6.45) is 2.53. The van der Waals surface area contributed by atoms with Crippen molar-refractivity contribution < 1.29 is 0 Å². The average Bonchev–Trinajstić information content (AvgIpc) is 2.43. The molecule has 0 spiro atoms. The van der Waals surface area contributed by atoms with Gasteiger partial charge in [-0.05, 0) is 68.3 Å². The van der Waals surface area contributed by atoms with E-state index in [0.29, 0.717) is 11.9 Å². The van der Waals surface area contributed by atoms with Crippen LogP contribution in [0.5, 0.6) is 0 Å². The highest BCUT2D eigenvalue weighted by Gasteiger charge is 2.20. The monoisotopic (exact) mass is 444 g/mol. The van der Waals surface area contributed by atoms with Crippen molar-refractivity contribution in [2.75, 3.05) is 31.5 Å². The van der Waals surface area contributed by atoms with Crippen molar-refractivity contribution in [2.24, 2.45) is 22.6 Å². The smallest absolute Gasteiger partial charge is 0.193 e. The average molecular weight is 444 g/mol. The van der Waals surface area contributed by atoms with E-state index < -0.39 is 0 Å². The Morgan fingerprint density at radius 2 is 1.96 bits per heavy atom. The van der Waals surface area contributed by atoms with Crippen LogP contribution in [0.25, 0.3) is 0 Å². The molecular weight excluding hydrogens is 411 g/mol. The number of likely N-dealkylation sites (tertiary alicyclic amines) is 1. The summed E-state index contributed by atoms with van der Waals surface area (Å²) in [5.74, 6) is 1.88. The van der Waals surface area contributed by atoms with Crippen LogP contribution in [0.4, 0.5) is 5.69 Å². The molecule has 1 unspecified atom stereocenters. The molecule has 1 atom stereocenters. The number of nitrogens with one attached hydrogen (secondary N) is 1. The lowest BCUT2D eigenvalue weighted by Gasteiger charge is -2.33. The maximum atomic E-state index is 6.06. The zero-order chi connectivity index (χ0) is 16.8. The van der Waals surface area contributed by atoms with E-state index in [2.05, 4.69) is 61.1 Å². The summed E-state index contributed by atoms with van der Waals surface area (Å²) in [5, 5.41) is 3.22. The molecule has 5 heteroatoms. The van der Waals surface area contributed by atoms with Gasteiger partial charge in [0, 0.05) is 25.3 Å². The van der Waals surface area contributed by atoms with Crippen molar-refractivity contribution in [3.8, 4) is 0 Å². The van der Waals surface area contributed by atoms with E-state index in [-0.39, 0.29) is 24.0 Å². The Hall–Kier alpha value is -0.820. The summed E-state index contributed by atoms with van der Waals surface area (Å²) < 4.78 is 0. The Labute approximate surface area is 164 Å². The largest absolute Gasteiger partial charge is 0.370 e. The van der Waals surface area contributed by atoms with Crippen molar-refractivity contribution >= 4 is 35.6 Å². The molecule has 0 aliphatic carbocycles. The lowest BCUT2D eigenvalue weighted by Crippen LogP contribution is -2.39. The van der Waals surface area contributed by atoms with Gasteiger partial charge in [0.2, 0.25) is 0 Å². The van der Waals surface area contributed by atoms with E-state index in [1.165, 1.54) is 37.1 Å². The lowest BCUT2D eigenvalue weighted by atomic mass is 9.97. The maximum absolute atomic E-state index is 6.06. The van der Waals surface area contributed by atoms with Crippen LogP contribution in [0.15, 0.2) is 23.2 Å². The fourth-order valence-corrected chi connectivity index (χ4v) is 3.44. The summed E-state index contributed by atoms with van der Waals surface area (Å²) in [4.78, 5) is 7.14. The second-order valence-electron chi connectivity index (χ2n) is 7.39. The molecule has 3 N–H and O–H groups in total. The number of nitrogens with zero attached hydrogens (tertiary/aromatic N) is 2. The molecule has 1 aromatic carbocycles. The van der Waals surface area contributed by atoms with Crippen molar-refractivity contribution in [3.63, 3.8) is 0 Å². The minimum Gasteiger partial charge on any atom is -0.370 e. The minimum atomic E-state index is 0. The summed E-state index contributed by atoms with van der Waals surface area (Å²) in [5.41, 5.74) is 9.55. The molecular formula is C19H33IN4. The maximum Gasteiger partial charge on any atom is 0.193 e. The molecule has 136 valence electrons. The molecule has 0 saturated carbocycles. The first kappa shape index (κ1) is 21.2. The predicted octanol–water partition coefficient (Wildman–Crippen LogP) is 4.02. The van der Waals surface area contributed by atoms with Crippen molar-refractivity contribution in [1.29, 1.82) is 0 Å². The molecule has 1 aromatic rings. The van der Waals surface area contributed by atoms with Gasteiger partial charge < -0.3 is 16.0 Å². The Morgan fingerprint density at radius 1 is 1.29 bits per heavy atom. The first-order chi connectivity index (χ1) is 10.9. The van der Waals surface area contributed by atoms with Gasteiger partial charge in [0.1, 0.15) is 0 Å². The zero-order valence-electron chi connectivity index (χ0n) is 15.5. The molecule has 24 heavy (non-hydrogen) atoms. The molecule has 2 rings (SSSR count). The van der Waals surface area contributed by atoms with Gasteiger partial charge in [-0.2, -0.15) is 0 Å². The van der Waals surface area contributed by atoms with Crippen LogP contribution >= 0.6 is 24.0 Å². The number of aryl methyl sites for hydroxylation is 2. The van der Waals surface area contributed by atoms with E-state index in [9.17, 15) is 0 Å². The van der Waals surface area contributed by atoms with Crippen LogP contribution in [0.2, 0.25) is 0 Å².